The first kappa shape index (κ1) is 28.7. The summed E-state index contributed by atoms with van der Waals surface area (Å²) in [6.07, 6.45) is 3.41. The van der Waals surface area contributed by atoms with Crippen molar-refractivity contribution in [1.29, 1.82) is 0 Å². The maximum atomic E-state index is 15.6. The van der Waals surface area contributed by atoms with Gasteiger partial charge in [-0.3, -0.25) is 14.7 Å². The Labute approximate surface area is 222 Å². The molecule has 0 amide bonds. The van der Waals surface area contributed by atoms with Gasteiger partial charge in [-0.15, -0.1) is 11.3 Å². The zero-order valence-electron chi connectivity index (χ0n) is 22.3. The maximum absolute atomic E-state index is 15.6. The number of aromatic nitrogens is 1. The lowest BCUT2D eigenvalue weighted by atomic mass is 9.75. The Hall–Kier alpha value is -2.84. The summed E-state index contributed by atoms with van der Waals surface area (Å²) in [6.45, 7) is 8.76. The van der Waals surface area contributed by atoms with Crippen molar-refractivity contribution in [3.05, 3.63) is 82.1 Å². The summed E-state index contributed by atoms with van der Waals surface area (Å²) in [5.74, 6) is -2.11. The number of alkyl halides is 1. The van der Waals surface area contributed by atoms with Crippen molar-refractivity contribution in [3.63, 3.8) is 0 Å². The predicted octanol–water partition coefficient (Wildman–Crippen LogP) is 6.74. The minimum absolute atomic E-state index is 0.185. The number of benzene rings is 1. The van der Waals surface area contributed by atoms with E-state index in [1.807, 2.05) is 62.6 Å². The third-order valence-corrected chi connectivity index (χ3v) is 8.45. The predicted molar refractivity (Wildman–Crippen MR) is 146 cm³/mol. The minimum Gasteiger partial charge on any atom is -0.430 e. The summed E-state index contributed by atoms with van der Waals surface area (Å²) >= 11 is 1.08. The second-order valence-electron chi connectivity index (χ2n) is 10.2. The van der Waals surface area contributed by atoms with Crippen LogP contribution in [0.15, 0.2) is 60.8 Å². The fourth-order valence-corrected chi connectivity index (χ4v) is 5.55. The van der Waals surface area contributed by atoms with Gasteiger partial charge >= 0.3 is 0 Å². The molecule has 5 nitrogen and oxygen atoms in total. The summed E-state index contributed by atoms with van der Waals surface area (Å²) in [6, 6.07) is 17.3. The number of halogens is 2. The van der Waals surface area contributed by atoms with Crippen LogP contribution in [0.3, 0.4) is 0 Å². The summed E-state index contributed by atoms with van der Waals surface area (Å²) in [5.41, 5.74) is 1.93. The van der Waals surface area contributed by atoms with E-state index in [0.717, 1.165) is 33.2 Å². The van der Waals surface area contributed by atoms with Crippen LogP contribution in [0.25, 0.3) is 0 Å². The lowest BCUT2D eigenvalue weighted by molar-refractivity contribution is -0.202. The highest BCUT2D eigenvalue weighted by molar-refractivity contribution is 7.10. The van der Waals surface area contributed by atoms with Crippen LogP contribution in [-0.4, -0.2) is 42.3 Å². The van der Waals surface area contributed by atoms with Gasteiger partial charge in [-0.1, -0.05) is 24.3 Å². The Kier molecular flexibility index (Phi) is 9.42. The van der Waals surface area contributed by atoms with E-state index in [9.17, 15) is 9.18 Å². The van der Waals surface area contributed by atoms with Crippen molar-refractivity contribution in [1.82, 2.24) is 9.88 Å². The molecule has 3 aromatic rings. The average molecular weight is 530 g/mol. The largest absolute Gasteiger partial charge is 0.430 e. The Bertz CT molecular complexity index is 1140. The highest BCUT2D eigenvalue weighted by atomic mass is 32.1. The monoisotopic (exact) mass is 529 g/mol. The molecule has 0 aliphatic carbocycles. The van der Waals surface area contributed by atoms with E-state index < -0.39 is 11.3 Å². The molecule has 4 rings (SSSR count). The van der Waals surface area contributed by atoms with E-state index in [2.05, 4.69) is 29.0 Å². The first-order valence-corrected chi connectivity index (χ1v) is 13.3. The second-order valence-corrected chi connectivity index (χ2v) is 11.3. The van der Waals surface area contributed by atoms with Crippen molar-refractivity contribution in [3.8, 4) is 0 Å². The summed E-state index contributed by atoms with van der Waals surface area (Å²) < 4.78 is 33.9. The number of ether oxygens (including phenoxy) is 1. The van der Waals surface area contributed by atoms with Gasteiger partial charge < -0.3 is 10.1 Å². The average Bonchev–Trinajstić information content (AvgIpc) is 3.52. The molecule has 0 saturated carbocycles. The van der Waals surface area contributed by atoms with Crippen LogP contribution in [0.2, 0.25) is 0 Å². The van der Waals surface area contributed by atoms with Gasteiger partial charge in [0, 0.05) is 48.5 Å². The lowest BCUT2D eigenvalue weighted by Crippen LogP contribution is -2.49. The lowest BCUT2D eigenvalue weighted by Gasteiger charge is -2.42. The standard InChI is InChI=1S/C22H28F2N2O2S.C7H9N/c1-16-5-6-17(13-25-16)20(2,3)26-12-11-22(14-26,21(4,24)28-15-27)10-9-18-7-8-19(23)29-18;1-8-7-5-3-2-4-6-7/h5-8,13,15H,9-12,14H2,1-4H3;2-6,8H,1H3. The maximum Gasteiger partial charge on any atom is 0.295 e. The quantitative estimate of drug-likeness (QED) is 0.311. The van der Waals surface area contributed by atoms with Crippen LogP contribution in [-0.2, 0) is 21.5 Å². The first-order chi connectivity index (χ1) is 17.5. The van der Waals surface area contributed by atoms with Crippen molar-refractivity contribution >= 4 is 23.5 Å². The fraction of sp³-hybridized carbons (Fsp3) is 0.448. The Morgan fingerprint density at radius 2 is 1.89 bits per heavy atom. The van der Waals surface area contributed by atoms with Gasteiger partial charge in [0.25, 0.3) is 12.3 Å². The van der Waals surface area contributed by atoms with E-state index >= 15 is 4.39 Å². The van der Waals surface area contributed by atoms with Crippen LogP contribution >= 0.6 is 11.3 Å². The molecule has 1 fully saturated rings. The normalized spacial score (nSPS) is 19.4. The summed E-state index contributed by atoms with van der Waals surface area (Å²) in [4.78, 5) is 18.5. The molecule has 2 atom stereocenters. The summed E-state index contributed by atoms with van der Waals surface area (Å²) in [5, 5.41) is 2.78. The zero-order chi connectivity index (χ0) is 27.1. The highest BCUT2D eigenvalue weighted by Gasteiger charge is 2.56. The third kappa shape index (κ3) is 6.93. The van der Waals surface area contributed by atoms with Gasteiger partial charge in [-0.25, -0.2) is 0 Å². The number of carbonyl (C=O) groups excluding carboxylic acids is 1. The number of hydrogen-bond donors (Lipinski definition) is 1. The molecule has 8 heteroatoms. The van der Waals surface area contributed by atoms with Crippen molar-refractivity contribution in [2.24, 2.45) is 5.41 Å². The highest BCUT2D eigenvalue weighted by Crippen LogP contribution is 2.50. The van der Waals surface area contributed by atoms with Gasteiger partial charge in [0.05, 0.1) is 5.41 Å². The Morgan fingerprint density at radius 1 is 1.16 bits per heavy atom. The molecule has 200 valence electrons. The topological polar surface area (TPSA) is 54.5 Å². The first-order valence-electron chi connectivity index (χ1n) is 12.5. The molecule has 0 spiro atoms. The number of nitrogens with zero attached hydrogens (tertiary/aromatic N) is 2. The second kappa shape index (κ2) is 12.1. The molecular weight excluding hydrogens is 492 g/mol. The van der Waals surface area contributed by atoms with E-state index in [-0.39, 0.29) is 17.1 Å². The molecule has 2 unspecified atom stereocenters. The van der Waals surface area contributed by atoms with Crippen LogP contribution in [0.1, 0.15) is 49.7 Å². The van der Waals surface area contributed by atoms with Gasteiger partial charge in [0.15, 0.2) is 5.13 Å². The third-order valence-electron chi connectivity index (χ3n) is 7.52. The number of aryl methyl sites for hydroxylation is 2. The van der Waals surface area contributed by atoms with Crippen LogP contribution in [0.4, 0.5) is 14.5 Å². The number of anilines is 1. The van der Waals surface area contributed by atoms with Crippen molar-refractivity contribution in [2.75, 3.05) is 25.5 Å². The Morgan fingerprint density at radius 3 is 2.43 bits per heavy atom. The van der Waals surface area contributed by atoms with Crippen molar-refractivity contribution in [2.45, 2.75) is 58.4 Å². The minimum atomic E-state index is -2.11. The van der Waals surface area contributed by atoms with Crippen LogP contribution < -0.4 is 5.32 Å². The molecule has 37 heavy (non-hydrogen) atoms. The Balaban J connectivity index is 0.000000405. The molecule has 3 heterocycles. The number of carbonyl (C=O) groups is 1. The van der Waals surface area contributed by atoms with Crippen LogP contribution in [0.5, 0.6) is 0 Å². The molecular formula is C29H37F2N3O2S. The number of nitrogens with one attached hydrogen (secondary N) is 1. The number of pyridine rings is 1. The number of likely N-dealkylation sites (tertiary alicyclic amines) is 1. The molecule has 0 bridgehead atoms. The van der Waals surface area contributed by atoms with E-state index in [1.54, 1.807) is 6.07 Å². The number of thiophene rings is 1. The number of para-hydroxylation sites is 1. The SMILES string of the molecule is CNc1ccccc1.Cc1ccc(C(C)(C)N2CCC(CCc3ccc(F)s3)(C(C)(F)OC=O)C2)cn1. The van der Waals surface area contributed by atoms with Crippen molar-refractivity contribution < 1.29 is 18.3 Å². The molecule has 1 N–H and O–H groups in total. The summed E-state index contributed by atoms with van der Waals surface area (Å²) in [7, 11) is 1.91. The van der Waals surface area contributed by atoms with E-state index in [1.165, 1.54) is 13.0 Å². The number of hydrogen-bond acceptors (Lipinski definition) is 6. The molecule has 0 radical (unpaired) electrons. The fourth-order valence-electron chi connectivity index (χ4n) is 4.82. The van der Waals surface area contributed by atoms with E-state index in [0.29, 0.717) is 32.4 Å². The molecule has 1 aliphatic heterocycles. The van der Waals surface area contributed by atoms with Gasteiger partial charge in [-0.05, 0) is 82.5 Å². The van der Waals surface area contributed by atoms with Gasteiger partial charge in [-0.2, -0.15) is 8.78 Å². The van der Waals surface area contributed by atoms with E-state index in [4.69, 9.17) is 4.74 Å². The van der Waals surface area contributed by atoms with Gasteiger partial charge in [0.2, 0.25) is 0 Å². The molecule has 1 aromatic carbocycles. The molecule has 2 aromatic heterocycles. The smallest absolute Gasteiger partial charge is 0.295 e. The molecule has 1 aliphatic rings. The van der Waals surface area contributed by atoms with Gasteiger partial charge in [0.1, 0.15) is 0 Å². The zero-order valence-corrected chi connectivity index (χ0v) is 23.1. The number of rotatable bonds is 9. The molecule has 1 saturated heterocycles. The van der Waals surface area contributed by atoms with Crippen LogP contribution in [0, 0.1) is 17.5 Å².